The topological polar surface area (TPSA) is 64.9 Å². The molecule has 0 aliphatic rings. The average molecular weight is 261 g/mol. The van der Waals surface area contributed by atoms with Gasteiger partial charge in [0.15, 0.2) is 11.6 Å². The first-order chi connectivity index (χ1) is 9.17. The van der Waals surface area contributed by atoms with E-state index in [1.807, 2.05) is 33.3 Å². The van der Waals surface area contributed by atoms with Gasteiger partial charge in [0.05, 0.1) is 13.3 Å². The molecule has 0 fully saturated rings. The molecule has 102 valence electrons. The van der Waals surface area contributed by atoms with Crippen molar-refractivity contribution in [2.45, 2.75) is 19.9 Å². The lowest BCUT2D eigenvalue weighted by atomic mass is 10.1. The Morgan fingerprint density at radius 2 is 2.00 bits per heavy atom. The highest BCUT2D eigenvalue weighted by atomic mass is 16.5. The molecule has 1 N–H and O–H groups in total. The summed E-state index contributed by atoms with van der Waals surface area (Å²) >= 11 is 0. The van der Waals surface area contributed by atoms with E-state index in [0.717, 1.165) is 23.6 Å². The minimum atomic E-state index is -0.131. The maximum atomic E-state index is 5.36. The number of aryl methyl sites for hydroxylation is 2. The van der Waals surface area contributed by atoms with E-state index in [4.69, 9.17) is 4.74 Å². The van der Waals surface area contributed by atoms with E-state index in [9.17, 15) is 0 Å². The maximum absolute atomic E-state index is 5.36. The molecular weight excluding hydrogens is 242 g/mol. The lowest BCUT2D eigenvalue weighted by Crippen LogP contribution is -2.26. The van der Waals surface area contributed by atoms with Gasteiger partial charge in [-0.05, 0) is 19.0 Å². The summed E-state index contributed by atoms with van der Waals surface area (Å²) in [5.74, 6) is 1.45. The predicted octanol–water partition coefficient (Wildman–Crippen LogP) is 1.23. The smallest absolute Gasteiger partial charge is 0.162 e. The number of methoxy groups -OCH3 is 1. The van der Waals surface area contributed by atoms with Crippen molar-refractivity contribution >= 4 is 0 Å². The molecule has 0 amide bonds. The normalized spacial score (nSPS) is 12.4. The first-order valence-electron chi connectivity index (χ1n) is 6.25. The molecule has 0 aliphatic carbocycles. The summed E-state index contributed by atoms with van der Waals surface area (Å²) in [6, 6.07) is -0.131. The van der Waals surface area contributed by atoms with Crippen LogP contribution in [-0.4, -0.2) is 33.4 Å². The van der Waals surface area contributed by atoms with Gasteiger partial charge in [0, 0.05) is 19.4 Å². The van der Waals surface area contributed by atoms with E-state index in [1.165, 1.54) is 0 Å². The van der Waals surface area contributed by atoms with Crippen molar-refractivity contribution in [3.8, 4) is 5.75 Å². The zero-order chi connectivity index (χ0) is 13.8. The molecule has 1 atom stereocenters. The summed E-state index contributed by atoms with van der Waals surface area (Å²) in [7, 11) is 3.52. The Kier molecular flexibility index (Phi) is 4.11. The van der Waals surface area contributed by atoms with Crippen LogP contribution in [-0.2, 0) is 7.05 Å². The summed E-state index contributed by atoms with van der Waals surface area (Å²) in [4.78, 5) is 8.80. The Bertz CT molecular complexity index is 534. The van der Waals surface area contributed by atoms with Gasteiger partial charge in [-0.15, -0.1) is 0 Å². The van der Waals surface area contributed by atoms with Crippen molar-refractivity contribution in [2.24, 2.45) is 7.05 Å². The van der Waals surface area contributed by atoms with Crippen LogP contribution in [0.5, 0.6) is 5.75 Å². The Morgan fingerprint density at radius 1 is 1.32 bits per heavy atom. The van der Waals surface area contributed by atoms with Gasteiger partial charge in [-0.1, -0.05) is 6.92 Å². The fraction of sp³-hybridized carbons (Fsp3) is 0.462. The average Bonchev–Trinajstić information content (AvgIpc) is 2.78. The van der Waals surface area contributed by atoms with Crippen molar-refractivity contribution in [3.05, 3.63) is 35.7 Å². The highest BCUT2D eigenvalue weighted by Gasteiger charge is 2.23. The minimum absolute atomic E-state index is 0.131. The molecule has 2 rings (SSSR count). The molecular formula is C13H19N5O. The maximum Gasteiger partial charge on any atom is 0.162 e. The second kappa shape index (κ2) is 5.79. The van der Waals surface area contributed by atoms with Crippen molar-refractivity contribution in [3.63, 3.8) is 0 Å². The molecule has 2 aromatic heterocycles. The molecule has 0 aliphatic heterocycles. The van der Waals surface area contributed by atoms with E-state index in [1.54, 1.807) is 18.0 Å². The largest absolute Gasteiger partial charge is 0.493 e. The molecule has 19 heavy (non-hydrogen) atoms. The Hall–Kier alpha value is -1.95. The first kappa shape index (κ1) is 13.5. The first-order valence-corrected chi connectivity index (χ1v) is 6.25. The summed E-state index contributed by atoms with van der Waals surface area (Å²) in [5.41, 5.74) is 1.96. The fourth-order valence-electron chi connectivity index (χ4n) is 1.98. The van der Waals surface area contributed by atoms with Gasteiger partial charge in [0.2, 0.25) is 0 Å². The van der Waals surface area contributed by atoms with Crippen molar-refractivity contribution in [1.29, 1.82) is 0 Å². The molecule has 2 aromatic rings. The summed E-state index contributed by atoms with van der Waals surface area (Å²) < 4.78 is 7.15. The Balaban J connectivity index is 2.44. The number of ether oxygens (including phenoxy) is 1. The van der Waals surface area contributed by atoms with Gasteiger partial charge >= 0.3 is 0 Å². The lowest BCUT2D eigenvalue weighted by molar-refractivity contribution is 0.399. The van der Waals surface area contributed by atoms with Crippen LogP contribution < -0.4 is 10.1 Å². The molecule has 0 bridgehead atoms. The molecule has 0 radical (unpaired) electrons. The molecule has 1 unspecified atom stereocenters. The highest BCUT2D eigenvalue weighted by Crippen LogP contribution is 2.27. The van der Waals surface area contributed by atoms with E-state index in [2.05, 4.69) is 20.4 Å². The van der Waals surface area contributed by atoms with Crippen molar-refractivity contribution < 1.29 is 4.74 Å². The van der Waals surface area contributed by atoms with Gasteiger partial charge in [0.1, 0.15) is 11.7 Å². The van der Waals surface area contributed by atoms with Crippen LogP contribution in [0, 0.1) is 6.92 Å². The van der Waals surface area contributed by atoms with E-state index < -0.39 is 0 Å². The molecule has 0 spiro atoms. The molecule has 6 heteroatoms. The number of hydrogen-bond acceptors (Lipinski definition) is 5. The van der Waals surface area contributed by atoms with Crippen LogP contribution in [0.3, 0.4) is 0 Å². The quantitative estimate of drug-likeness (QED) is 0.877. The number of nitrogens with zero attached hydrogens (tertiary/aromatic N) is 4. The number of aromatic nitrogens is 4. The van der Waals surface area contributed by atoms with Crippen LogP contribution in [0.1, 0.15) is 30.0 Å². The monoisotopic (exact) mass is 261 g/mol. The number of hydrogen-bond donors (Lipinski definition) is 1. The van der Waals surface area contributed by atoms with Crippen LogP contribution in [0.4, 0.5) is 0 Å². The summed E-state index contributed by atoms with van der Waals surface area (Å²) in [5, 5.41) is 7.60. The second-order valence-electron chi connectivity index (χ2n) is 4.33. The molecule has 0 aromatic carbocycles. The van der Waals surface area contributed by atoms with Gasteiger partial charge in [-0.2, -0.15) is 5.10 Å². The number of nitrogens with one attached hydrogen (secondary N) is 1. The standard InChI is InChI=1S/C13H19N5O/c1-5-14-11(13-15-6-9(2)7-16-13)12-10(19-4)8-17-18(12)3/h6-8,11,14H,5H2,1-4H3. The Morgan fingerprint density at radius 3 is 2.58 bits per heavy atom. The zero-order valence-electron chi connectivity index (χ0n) is 11.7. The van der Waals surface area contributed by atoms with Crippen molar-refractivity contribution in [1.82, 2.24) is 25.1 Å². The van der Waals surface area contributed by atoms with Crippen LogP contribution in [0.25, 0.3) is 0 Å². The lowest BCUT2D eigenvalue weighted by Gasteiger charge is -2.18. The second-order valence-corrected chi connectivity index (χ2v) is 4.33. The third-order valence-electron chi connectivity index (χ3n) is 2.91. The van der Waals surface area contributed by atoms with Gasteiger partial charge in [-0.25, -0.2) is 9.97 Å². The SMILES string of the molecule is CCNC(c1ncc(C)cn1)c1c(OC)cnn1C. The molecule has 6 nitrogen and oxygen atoms in total. The van der Waals surface area contributed by atoms with Crippen molar-refractivity contribution in [2.75, 3.05) is 13.7 Å². The van der Waals surface area contributed by atoms with Crippen LogP contribution in [0.15, 0.2) is 18.6 Å². The van der Waals surface area contributed by atoms with E-state index >= 15 is 0 Å². The summed E-state index contributed by atoms with van der Waals surface area (Å²) in [6.45, 7) is 4.82. The van der Waals surface area contributed by atoms with E-state index in [0.29, 0.717) is 5.82 Å². The third-order valence-corrected chi connectivity index (χ3v) is 2.91. The Labute approximate surface area is 112 Å². The fourth-order valence-corrected chi connectivity index (χ4v) is 1.98. The van der Waals surface area contributed by atoms with Gasteiger partial charge in [0.25, 0.3) is 0 Å². The van der Waals surface area contributed by atoms with Crippen LogP contribution in [0.2, 0.25) is 0 Å². The zero-order valence-corrected chi connectivity index (χ0v) is 11.7. The molecule has 2 heterocycles. The predicted molar refractivity (Wildman–Crippen MR) is 72.0 cm³/mol. The van der Waals surface area contributed by atoms with Crippen LogP contribution >= 0.6 is 0 Å². The third kappa shape index (κ3) is 2.73. The summed E-state index contributed by atoms with van der Waals surface area (Å²) in [6.07, 6.45) is 5.33. The molecule has 0 saturated heterocycles. The number of rotatable bonds is 5. The minimum Gasteiger partial charge on any atom is -0.493 e. The van der Waals surface area contributed by atoms with Gasteiger partial charge in [-0.3, -0.25) is 4.68 Å². The molecule has 0 saturated carbocycles. The highest BCUT2D eigenvalue weighted by molar-refractivity contribution is 5.32. The van der Waals surface area contributed by atoms with E-state index in [-0.39, 0.29) is 6.04 Å². The van der Waals surface area contributed by atoms with Gasteiger partial charge < -0.3 is 10.1 Å².